The van der Waals surface area contributed by atoms with E-state index in [1.165, 1.54) is 11.3 Å². The highest BCUT2D eigenvalue weighted by Gasteiger charge is 2.09. The lowest BCUT2D eigenvalue weighted by Crippen LogP contribution is -2.26. The Morgan fingerprint density at radius 1 is 1.61 bits per heavy atom. The van der Waals surface area contributed by atoms with Crippen LogP contribution >= 0.6 is 11.3 Å². The van der Waals surface area contributed by atoms with Gasteiger partial charge in [-0.1, -0.05) is 11.8 Å². The van der Waals surface area contributed by atoms with E-state index >= 15 is 0 Å². The van der Waals surface area contributed by atoms with E-state index in [-0.39, 0.29) is 12.5 Å². The Balaban J connectivity index is 2.51. The third kappa shape index (κ3) is 4.88. The predicted molar refractivity (Wildman–Crippen MR) is 71.2 cm³/mol. The first-order valence-electron chi connectivity index (χ1n) is 5.57. The molecule has 1 aromatic rings. The van der Waals surface area contributed by atoms with Crippen LogP contribution in [-0.2, 0) is 16.1 Å². The normalized spacial score (nSPS) is 9.72. The highest BCUT2D eigenvalue weighted by Crippen LogP contribution is 2.15. The molecule has 0 aliphatic rings. The van der Waals surface area contributed by atoms with Gasteiger partial charge in [0.25, 0.3) is 0 Å². The summed E-state index contributed by atoms with van der Waals surface area (Å²) in [5.41, 5.74) is 1.05. The minimum Gasteiger partial charge on any atom is -0.384 e. The van der Waals surface area contributed by atoms with Crippen molar-refractivity contribution in [2.75, 3.05) is 27.4 Å². The summed E-state index contributed by atoms with van der Waals surface area (Å²) < 4.78 is 4.87. The Morgan fingerprint density at radius 3 is 3.06 bits per heavy atom. The van der Waals surface area contributed by atoms with Crippen molar-refractivity contribution < 1.29 is 14.6 Å². The molecule has 18 heavy (non-hydrogen) atoms. The standard InChI is InChI=1S/C13H17NO3S/c1-14(13(16)5-7-17-2)9-11-8-12(18-10-11)4-3-6-15/h8,10,15H,5-7,9H2,1-2H3. The van der Waals surface area contributed by atoms with Crippen LogP contribution in [0.1, 0.15) is 16.9 Å². The molecule has 0 unspecified atom stereocenters. The zero-order valence-corrected chi connectivity index (χ0v) is 11.4. The lowest BCUT2D eigenvalue weighted by atomic mass is 10.2. The molecule has 98 valence electrons. The van der Waals surface area contributed by atoms with Crippen LogP contribution in [-0.4, -0.2) is 43.3 Å². The molecule has 1 aromatic heterocycles. The zero-order chi connectivity index (χ0) is 13.4. The van der Waals surface area contributed by atoms with E-state index in [2.05, 4.69) is 11.8 Å². The second-order valence-electron chi connectivity index (χ2n) is 3.77. The highest BCUT2D eigenvalue weighted by atomic mass is 32.1. The van der Waals surface area contributed by atoms with Crippen LogP contribution in [0, 0.1) is 11.8 Å². The average Bonchev–Trinajstić information content (AvgIpc) is 2.80. The largest absolute Gasteiger partial charge is 0.384 e. The fourth-order valence-electron chi connectivity index (χ4n) is 1.39. The second kappa shape index (κ2) is 7.88. The Bertz CT molecular complexity index is 445. The van der Waals surface area contributed by atoms with Gasteiger partial charge in [-0.3, -0.25) is 4.79 Å². The highest BCUT2D eigenvalue weighted by molar-refractivity contribution is 7.10. The van der Waals surface area contributed by atoms with Crippen molar-refractivity contribution in [1.29, 1.82) is 0 Å². The third-order valence-corrected chi connectivity index (χ3v) is 3.20. The molecule has 0 radical (unpaired) electrons. The number of carbonyl (C=O) groups excluding carboxylic acids is 1. The number of methoxy groups -OCH3 is 1. The number of aliphatic hydroxyl groups excluding tert-OH is 1. The molecule has 0 aromatic carbocycles. The van der Waals surface area contributed by atoms with Gasteiger partial charge in [-0.2, -0.15) is 0 Å². The molecule has 0 saturated carbocycles. The van der Waals surface area contributed by atoms with Gasteiger partial charge in [0, 0.05) is 20.7 Å². The summed E-state index contributed by atoms with van der Waals surface area (Å²) in [6, 6.07) is 1.94. The Kier molecular flexibility index (Phi) is 6.44. The van der Waals surface area contributed by atoms with Crippen LogP contribution in [0.25, 0.3) is 0 Å². The summed E-state index contributed by atoms with van der Waals surface area (Å²) in [7, 11) is 3.35. The average molecular weight is 267 g/mol. The number of carbonyl (C=O) groups is 1. The fraction of sp³-hybridized carbons (Fsp3) is 0.462. The first-order chi connectivity index (χ1) is 8.67. The maximum atomic E-state index is 11.7. The summed E-state index contributed by atoms with van der Waals surface area (Å²) in [5, 5.41) is 10.6. The molecular formula is C13H17NO3S. The van der Waals surface area contributed by atoms with Crippen molar-refractivity contribution in [3.05, 3.63) is 21.9 Å². The molecule has 1 heterocycles. The van der Waals surface area contributed by atoms with Crippen LogP contribution in [0.2, 0.25) is 0 Å². The molecule has 4 nitrogen and oxygen atoms in total. The van der Waals surface area contributed by atoms with Gasteiger partial charge in [-0.15, -0.1) is 11.3 Å². The molecule has 0 saturated heterocycles. The lowest BCUT2D eigenvalue weighted by molar-refractivity contribution is -0.131. The number of amides is 1. The van der Waals surface area contributed by atoms with Crippen molar-refractivity contribution in [2.45, 2.75) is 13.0 Å². The predicted octanol–water partition coefficient (Wildman–Crippen LogP) is 1.09. The number of hydrogen-bond donors (Lipinski definition) is 1. The summed E-state index contributed by atoms with van der Waals surface area (Å²) in [6.45, 7) is 0.878. The number of ether oxygens (including phenoxy) is 1. The summed E-state index contributed by atoms with van der Waals surface area (Å²) in [5.74, 6) is 5.51. The number of rotatable bonds is 5. The molecule has 0 bridgehead atoms. The van der Waals surface area contributed by atoms with Crippen molar-refractivity contribution in [1.82, 2.24) is 4.90 Å². The van der Waals surface area contributed by atoms with Gasteiger partial charge in [0.15, 0.2) is 0 Å². The first kappa shape index (κ1) is 14.7. The first-order valence-corrected chi connectivity index (χ1v) is 6.45. The topological polar surface area (TPSA) is 49.8 Å². The molecule has 0 atom stereocenters. The van der Waals surface area contributed by atoms with Gasteiger partial charge in [-0.25, -0.2) is 0 Å². The molecule has 0 aliphatic heterocycles. The number of nitrogens with zero attached hydrogens (tertiary/aromatic N) is 1. The SMILES string of the molecule is COCCC(=O)N(C)Cc1csc(C#CCO)c1. The molecule has 1 amide bonds. The van der Waals surface area contributed by atoms with Crippen molar-refractivity contribution in [3.8, 4) is 11.8 Å². The molecule has 0 fully saturated rings. The van der Waals surface area contributed by atoms with E-state index in [4.69, 9.17) is 9.84 Å². The number of hydrogen-bond acceptors (Lipinski definition) is 4. The van der Waals surface area contributed by atoms with Gasteiger partial charge in [0.05, 0.1) is 17.9 Å². The summed E-state index contributed by atoms with van der Waals surface area (Å²) >= 11 is 1.51. The van der Waals surface area contributed by atoms with E-state index in [1.54, 1.807) is 19.1 Å². The number of aliphatic hydroxyl groups is 1. The lowest BCUT2D eigenvalue weighted by Gasteiger charge is -2.15. The van der Waals surface area contributed by atoms with Gasteiger partial charge in [-0.05, 0) is 17.0 Å². The monoisotopic (exact) mass is 267 g/mol. The van der Waals surface area contributed by atoms with E-state index < -0.39 is 0 Å². The van der Waals surface area contributed by atoms with Gasteiger partial charge < -0.3 is 14.7 Å². The van der Waals surface area contributed by atoms with Crippen LogP contribution in [0.4, 0.5) is 0 Å². The van der Waals surface area contributed by atoms with E-state index in [0.29, 0.717) is 19.6 Å². The van der Waals surface area contributed by atoms with Crippen molar-refractivity contribution in [3.63, 3.8) is 0 Å². The molecule has 0 spiro atoms. The maximum absolute atomic E-state index is 11.7. The molecular weight excluding hydrogens is 250 g/mol. The molecule has 1 rings (SSSR count). The third-order valence-electron chi connectivity index (χ3n) is 2.31. The maximum Gasteiger partial charge on any atom is 0.224 e. The minimum atomic E-state index is -0.136. The fourth-order valence-corrected chi connectivity index (χ4v) is 2.16. The minimum absolute atomic E-state index is 0.0612. The summed E-state index contributed by atoms with van der Waals surface area (Å²) in [4.78, 5) is 14.2. The molecule has 5 heteroatoms. The molecule has 0 aliphatic carbocycles. The quantitative estimate of drug-likeness (QED) is 0.812. The van der Waals surface area contributed by atoms with Crippen LogP contribution < -0.4 is 0 Å². The van der Waals surface area contributed by atoms with Gasteiger partial charge in [0.2, 0.25) is 5.91 Å². The van der Waals surface area contributed by atoms with E-state index in [1.807, 2.05) is 11.4 Å². The smallest absolute Gasteiger partial charge is 0.224 e. The summed E-state index contributed by atoms with van der Waals surface area (Å²) in [6.07, 6.45) is 0.397. The number of thiophene rings is 1. The Hall–Kier alpha value is -1.35. The second-order valence-corrected chi connectivity index (χ2v) is 4.68. The van der Waals surface area contributed by atoms with Crippen molar-refractivity contribution in [2.24, 2.45) is 0 Å². The van der Waals surface area contributed by atoms with E-state index in [9.17, 15) is 4.79 Å². The molecule has 1 N–H and O–H groups in total. The van der Waals surface area contributed by atoms with Gasteiger partial charge >= 0.3 is 0 Å². The Labute approximate surface area is 111 Å². The van der Waals surface area contributed by atoms with Crippen LogP contribution in [0.5, 0.6) is 0 Å². The van der Waals surface area contributed by atoms with Gasteiger partial charge in [0.1, 0.15) is 6.61 Å². The van der Waals surface area contributed by atoms with Crippen LogP contribution in [0.3, 0.4) is 0 Å². The Morgan fingerprint density at radius 2 is 2.39 bits per heavy atom. The van der Waals surface area contributed by atoms with Crippen molar-refractivity contribution >= 4 is 17.2 Å². The zero-order valence-electron chi connectivity index (χ0n) is 10.6. The van der Waals surface area contributed by atoms with Crippen LogP contribution in [0.15, 0.2) is 11.4 Å². The van der Waals surface area contributed by atoms with E-state index in [0.717, 1.165) is 10.4 Å².